The number of pyridine rings is 1. The van der Waals surface area contributed by atoms with Crippen LogP contribution in [0.25, 0.3) is 6.08 Å². The van der Waals surface area contributed by atoms with Gasteiger partial charge in [-0.15, -0.1) is 0 Å². The molecule has 2 nitrogen and oxygen atoms in total. The minimum Gasteiger partial charge on any atom is -0.316 e. The molecule has 1 aliphatic rings. The summed E-state index contributed by atoms with van der Waals surface area (Å²) in [6, 6.07) is 3.79. The summed E-state index contributed by atoms with van der Waals surface area (Å²) in [4.78, 5) is 4.02. The van der Waals surface area contributed by atoms with Crippen LogP contribution in [-0.2, 0) is 0 Å². The molecule has 1 saturated heterocycles. The molecule has 1 atom stereocenters. The molecule has 0 amide bonds. The molecule has 1 aromatic heterocycles. The average molecular weight is 209 g/mol. The van der Waals surface area contributed by atoms with Gasteiger partial charge in [-0.1, -0.05) is 29.8 Å². The predicted molar refractivity (Wildman–Crippen MR) is 59.3 cm³/mol. The second-order valence-corrected chi connectivity index (χ2v) is 3.91. The van der Waals surface area contributed by atoms with E-state index >= 15 is 0 Å². The molecule has 1 fully saturated rings. The Kier molecular flexibility index (Phi) is 3.17. The summed E-state index contributed by atoms with van der Waals surface area (Å²) >= 11 is 5.69. The third-order valence-corrected chi connectivity index (χ3v) is 2.63. The molecule has 0 radical (unpaired) electrons. The minimum absolute atomic E-state index is 0.546. The normalized spacial score (nSPS) is 21.9. The predicted octanol–water partition coefficient (Wildman–Crippen LogP) is 2.36. The Labute approximate surface area is 89.0 Å². The first kappa shape index (κ1) is 9.69. The molecule has 2 rings (SSSR count). The van der Waals surface area contributed by atoms with Gasteiger partial charge >= 0.3 is 0 Å². The van der Waals surface area contributed by atoms with Gasteiger partial charge in [0.25, 0.3) is 0 Å². The SMILES string of the molecule is Clc1ccc(C=CC2CCNC2)cn1. The number of nitrogens with one attached hydrogen (secondary N) is 1. The van der Waals surface area contributed by atoms with Crippen LogP contribution in [-0.4, -0.2) is 18.1 Å². The van der Waals surface area contributed by atoms with Gasteiger partial charge in [0.05, 0.1) is 0 Å². The van der Waals surface area contributed by atoms with Crippen LogP contribution in [0.3, 0.4) is 0 Å². The molecule has 0 aliphatic carbocycles. The highest BCUT2D eigenvalue weighted by atomic mass is 35.5. The van der Waals surface area contributed by atoms with Crippen molar-refractivity contribution in [2.75, 3.05) is 13.1 Å². The lowest BCUT2D eigenvalue weighted by Crippen LogP contribution is -2.07. The second-order valence-electron chi connectivity index (χ2n) is 3.53. The quantitative estimate of drug-likeness (QED) is 0.755. The van der Waals surface area contributed by atoms with Crippen molar-refractivity contribution in [1.29, 1.82) is 0 Å². The van der Waals surface area contributed by atoms with Crippen LogP contribution in [0.4, 0.5) is 0 Å². The van der Waals surface area contributed by atoms with E-state index in [9.17, 15) is 0 Å². The van der Waals surface area contributed by atoms with E-state index < -0.39 is 0 Å². The van der Waals surface area contributed by atoms with Gasteiger partial charge in [0.15, 0.2) is 0 Å². The molecule has 1 aromatic rings. The van der Waals surface area contributed by atoms with Gasteiger partial charge < -0.3 is 5.32 Å². The summed E-state index contributed by atoms with van der Waals surface area (Å²) in [7, 11) is 0. The lowest BCUT2D eigenvalue weighted by Gasteiger charge is -1.99. The molecule has 2 heterocycles. The zero-order chi connectivity index (χ0) is 9.80. The molecule has 14 heavy (non-hydrogen) atoms. The smallest absolute Gasteiger partial charge is 0.129 e. The molecule has 0 aromatic carbocycles. The fourth-order valence-electron chi connectivity index (χ4n) is 1.57. The summed E-state index contributed by atoms with van der Waals surface area (Å²) in [5.74, 6) is 0.672. The Morgan fingerprint density at radius 3 is 3.07 bits per heavy atom. The van der Waals surface area contributed by atoms with Crippen LogP contribution in [0.15, 0.2) is 24.4 Å². The number of hydrogen-bond acceptors (Lipinski definition) is 2. The molecule has 1 unspecified atom stereocenters. The van der Waals surface area contributed by atoms with E-state index in [-0.39, 0.29) is 0 Å². The minimum atomic E-state index is 0.546. The highest BCUT2D eigenvalue weighted by Gasteiger charge is 2.09. The molecule has 1 aliphatic heterocycles. The van der Waals surface area contributed by atoms with Crippen molar-refractivity contribution in [2.45, 2.75) is 6.42 Å². The first-order valence-corrected chi connectivity index (χ1v) is 5.23. The summed E-state index contributed by atoms with van der Waals surface area (Å²) in [6.45, 7) is 2.23. The van der Waals surface area contributed by atoms with E-state index in [0.29, 0.717) is 11.1 Å². The molecule has 0 saturated carbocycles. The summed E-state index contributed by atoms with van der Waals surface area (Å²) in [5, 5.41) is 3.88. The van der Waals surface area contributed by atoms with E-state index in [2.05, 4.69) is 22.5 Å². The van der Waals surface area contributed by atoms with E-state index in [1.54, 1.807) is 6.20 Å². The van der Waals surface area contributed by atoms with Gasteiger partial charge in [0.2, 0.25) is 0 Å². The van der Waals surface area contributed by atoms with Crippen molar-refractivity contribution < 1.29 is 0 Å². The van der Waals surface area contributed by atoms with E-state index in [4.69, 9.17) is 11.6 Å². The monoisotopic (exact) mass is 208 g/mol. The Balaban J connectivity index is 1.99. The Bertz CT molecular complexity index is 313. The van der Waals surface area contributed by atoms with E-state index in [0.717, 1.165) is 18.7 Å². The second kappa shape index (κ2) is 4.58. The van der Waals surface area contributed by atoms with Crippen molar-refractivity contribution >= 4 is 17.7 Å². The molecule has 0 spiro atoms. The number of nitrogens with zero attached hydrogens (tertiary/aromatic N) is 1. The highest BCUT2D eigenvalue weighted by molar-refractivity contribution is 6.29. The summed E-state index contributed by atoms with van der Waals surface area (Å²) in [5.41, 5.74) is 1.11. The first-order chi connectivity index (χ1) is 6.84. The standard InChI is InChI=1S/C11H13ClN2/c12-11-4-3-9(8-14-11)1-2-10-5-6-13-7-10/h1-4,8,10,13H,5-7H2. The van der Waals surface area contributed by atoms with Crippen molar-refractivity contribution in [2.24, 2.45) is 5.92 Å². The van der Waals surface area contributed by atoms with Crippen LogP contribution >= 0.6 is 11.6 Å². The van der Waals surface area contributed by atoms with Crippen LogP contribution in [0.1, 0.15) is 12.0 Å². The number of aromatic nitrogens is 1. The van der Waals surface area contributed by atoms with Crippen LogP contribution in [0, 0.1) is 5.92 Å². The van der Waals surface area contributed by atoms with Crippen molar-refractivity contribution in [3.05, 3.63) is 35.1 Å². The van der Waals surface area contributed by atoms with Crippen LogP contribution < -0.4 is 5.32 Å². The Morgan fingerprint density at radius 1 is 1.50 bits per heavy atom. The number of rotatable bonds is 2. The van der Waals surface area contributed by atoms with Crippen LogP contribution in [0.2, 0.25) is 5.15 Å². The lowest BCUT2D eigenvalue weighted by molar-refractivity contribution is 0.731. The molecule has 0 bridgehead atoms. The zero-order valence-electron chi connectivity index (χ0n) is 7.91. The molecule has 1 N–H and O–H groups in total. The van der Waals surface area contributed by atoms with Crippen LogP contribution in [0.5, 0.6) is 0 Å². The van der Waals surface area contributed by atoms with Crippen molar-refractivity contribution in [3.63, 3.8) is 0 Å². The average Bonchev–Trinajstić information content (AvgIpc) is 2.70. The largest absolute Gasteiger partial charge is 0.316 e. The van der Waals surface area contributed by atoms with Crippen molar-refractivity contribution in [3.8, 4) is 0 Å². The van der Waals surface area contributed by atoms with Gasteiger partial charge in [-0.2, -0.15) is 0 Å². The van der Waals surface area contributed by atoms with Gasteiger partial charge in [-0.05, 0) is 30.5 Å². The number of hydrogen-bond donors (Lipinski definition) is 1. The van der Waals surface area contributed by atoms with E-state index in [1.165, 1.54) is 6.42 Å². The number of halogens is 1. The van der Waals surface area contributed by atoms with E-state index in [1.807, 2.05) is 12.1 Å². The third kappa shape index (κ3) is 2.56. The Hall–Kier alpha value is -0.860. The maximum atomic E-state index is 5.69. The van der Waals surface area contributed by atoms with Gasteiger partial charge in [0.1, 0.15) is 5.15 Å². The topological polar surface area (TPSA) is 24.9 Å². The van der Waals surface area contributed by atoms with Gasteiger partial charge in [-0.3, -0.25) is 0 Å². The van der Waals surface area contributed by atoms with Crippen molar-refractivity contribution in [1.82, 2.24) is 10.3 Å². The fraction of sp³-hybridized carbons (Fsp3) is 0.364. The van der Waals surface area contributed by atoms with Gasteiger partial charge in [-0.25, -0.2) is 4.98 Å². The Morgan fingerprint density at radius 2 is 2.43 bits per heavy atom. The maximum absolute atomic E-state index is 5.69. The molecular weight excluding hydrogens is 196 g/mol. The lowest BCUT2D eigenvalue weighted by atomic mass is 10.1. The summed E-state index contributed by atoms with van der Waals surface area (Å²) < 4.78 is 0. The molecule has 3 heteroatoms. The first-order valence-electron chi connectivity index (χ1n) is 4.85. The summed E-state index contributed by atoms with van der Waals surface area (Å²) in [6.07, 6.45) is 7.38. The van der Waals surface area contributed by atoms with Gasteiger partial charge in [0, 0.05) is 12.7 Å². The zero-order valence-corrected chi connectivity index (χ0v) is 8.67. The third-order valence-electron chi connectivity index (χ3n) is 2.41. The maximum Gasteiger partial charge on any atom is 0.129 e. The molecule has 74 valence electrons. The fourth-order valence-corrected chi connectivity index (χ4v) is 1.69. The highest BCUT2D eigenvalue weighted by Crippen LogP contribution is 2.12. The molecular formula is C11H13ClN2.